The highest BCUT2D eigenvalue weighted by atomic mass is 16.5. The van der Waals surface area contributed by atoms with Gasteiger partial charge in [0.05, 0.1) is 0 Å². The van der Waals surface area contributed by atoms with Gasteiger partial charge in [0, 0.05) is 31.2 Å². The number of hydrogen-bond acceptors (Lipinski definition) is 5. The van der Waals surface area contributed by atoms with Gasteiger partial charge < -0.3 is 15.8 Å². The van der Waals surface area contributed by atoms with Crippen molar-refractivity contribution in [2.45, 2.75) is 39.0 Å². The first-order valence-electron chi connectivity index (χ1n) is 6.92. The van der Waals surface area contributed by atoms with Gasteiger partial charge >= 0.3 is 0 Å². The van der Waals surface area contributed by atoms with Gasteiger partial charge in [-0.25, -0.2) is 9.97 Å². The highest BCUT2D eigenvalue weighted by Gasteiger charge is 2.19. The van der Waals surface area contributed by atoms with Crippen LogP contribution in [0, 0.1) is 5.92 Å². The maximum Gasteiger partial charge on any atom is 0.138 e. The number of nitrogens with zero attached hydrogens (tertiary/aromatic N) is 2. The third-order valence-electron chi connectivity index (χ3n) is 3.30. The number of ether oxygens (including phenoxy) is 1. The summed E-state index contributed by atoms with van der Waals surface area (Å²) in [6, 6.07) is 1.79. The molecule has 2 rings (SSSR count). The summed E-state index contributed by atoms with van der Waals surface area (Å²) in [5.41, 5.74) is 5.75. The molecule has 3 N–H and O–H groups in total. The van der Waals surface area contributed by atoms with Crippen LogP contribution in [0.3, 0.4) is 0 Å². The third kappa shape index (κ3) is 4.06. The average Bonchev–Trinajstić information content (AvgIpc) is 2.80. The lowest BCUT2D eigenvalue weighted by Crippen LogP contribution is -2.19. The van der Waals surface area contributed by atoms with Crippen LogP contribution in [0.15, 0.2) is 6.07 Å². The molecule has 0 saturated carbocycles. The summed E-state index contributed by atoms with van der Waals surface area (Å²) in [5.74, 6) is 2.79. The standard InChI is InChI=1S/C14H24N4O/c1-14(2,3)13-17-11(15)8-12(18-13)16-6-4-10-5-7-19-9-10/h8,10H,4-7,9H2,1-3H3,(H3,15,16,17,18). The molecule has 106 valence electrons. The molecule has 5 nitrogen and oxygen atoms in total. The van der Waals surface area contributed by atoms with Crippen molar-refractivity contribution in [3.05, 3.63) is 11.9 Å². The molecule has 1 aliphatic rings. The summed E-state index contributed by atoms with van der Waals surface area (Å²) in [7, 11) is 0. The van der Waals surface area contributed by atoms with Gasteiger partial charge in [0.15, 0.2) is 0 Å². The molecule has 1 aliphatic heterocycles. The Kier molecular flexibility index (Phi) is 4.24. The van der Waals surface area contributed by atoms with Crippen LogP contribution in [0.1, 0.15) is 39.4 Å². The van der Waals surface area contributed by atoms with Crippen molar-refractivity contribution in [1.29, 1.82) is 0 Å². The molecule has 1 fully saturated rings. The molecule has 1 aromatic rings. The summed E-state index contributed by atoms with van der Waals surface area (Å²) < 4.78 is 5.37. The Bertz CT molecular complexity index is 422. The van der Waals surface area contributed by atoms with E-state index in [0.717, 1.165) is 37.8 Å². The van der Waals surface area contributed by atoms with Crippen molar-refractivity contribution in [3.63, 3.8) is 0 Å². The molecule has 5 heteroatoms. The van der Waals surface area contributed by atoms with Crippen LogP contribution < -0.4 is 11.1 Å². The van der Waals surface area contributed by atoms with Crippen LogP contribution in [0.5, 0.6) is 0 Å². The van der Waals surface area contributed by atoms with E-state index >= 15 is 0 Å². The summed E-state index contributed by atoms with van der Waals surface area (Å²) in [6.45, 7) is 8.94. The maximum absolute atomic E-state index is 5.84. The van der Waals surface area contributed by atoms with E-state index in [-0.39, 0.29) is 5.41 Å². The van der Waals surface area contributed by atoms with Gasteiger partial charge in [-0.05, 0) is 18.8 Å². The monoisotopic (exact) mass is 264 g/mol. The van der Waals surface area contributed by atoms with Gasteiger partial charge in [0.1, 0.15) is 17.5 Å². The average molecular weight is 264 g/mol. The fourth-order valence-electron chi connectivity index (χ4n) is 2.11. The Morgan fingerprint density at radius 3 is 2.84 bits per heavy atom. The first kappa shape index (κ1) is 14.1. The predicted molar refractivity (Wildman–Crippen MR) is 77.2 cm³/mol. The van der Waals surface area contributed by atoms with Crippen molar-refractivity contribution in [2.24, 2.45) is 5.92 Å². The van der Waals surface area contributed by atoms with Gasteiger partial charge in [0.25, 0.3) is 0 Å². The number of hydrogen-bond donors (Lipinski definition) is 2. The summed E-state index contributed by atoms with van der Waals surface area (Å²) >= 11 is 0. The summed E-state index contributed by atoms with van der Waals surface area (Å²) in [4.78, 5) is 8.83. The van der Waals surface area contributed by atoms with Gasteiger partial charge in [-0.3, -0.25) is 0 Å². The normalized spacial score (nSPS) is 19.6. The minimum Gasteiger partial charge on any atom is -0.384 e. The zero-order chi connectivity index (χ0) is 13.9. The molecule has 1 unspecified atom stereocenters. The molecule has 0 radical (unpaired) electrons. The number of rotatable bonds is 4. The zero-order valence-corrected chi connectivity index (χ0v) is 12.1. The number of nitrogens with one attached hydrogen (secondary N) is 1. The lowest BCUT2D eigenvalue weighted by Gasteiger charge is -2.18. The molecule has 1 aromatic heterocycles. The highest BCUT2D eigenvalue weighted by Crippen LogP contribution is 2.21. The van der Waals surface area contributed by atoms with E-state index in [9.17, 15) is 0 Å². The van der Waals surface area contributed by atoms with E-state index < -0.39 is 0 Å². The second-order valence-corrected chi connectivity index (χ2v) is 6.20. The van der Waals surface area contributed by atoms with Gasteiger partial charge in [-0.2, -0.15) is 0 Å². The van der Waals surface area contributed by atoms with E-state index in [2.05, 4.69) is 36.1 Å². The summed E-state index contributed by atoms with van der Waals surface area (Å²) in [6.07, 6.45) is 2.27. The lowest BCUT2D eigenvalue weighted by molar-refractivity contribution is 0.185. The van der Waals surface area contributed by atoms with E-state index in [1.807, 2.05) is 0 Å². The molecule has 1 atom stereocenters. The number of nitrogens with two attached hydrogens (primary N) is 1. The van der Waals surface area contributed by atoms with Crippen LogP contribution in [-0.4, -0.2) is 29.7 Å². The van der Waals surface area contributed by atoms with Crippen LogP contribution in [-0.2, 0) is 10.2 Å². The molecule has 19 heavy (non-hydrogen) atoms. The van der Waals surface area contributed by atoms with E-state index in [0.29, 0.717) is 11.7 Å². The van der Waals surface area contributed by atoms with Gasteiger partial charge in [-0.15, -0.1) is 0 Å². The Morgan fingerprint density at radius 2 is 2.21 bits per heavy atom. The molecule has 2 heterocycles. The fraction of sp³-hybridized carbons (Fsp3) is 0.714. The van der Waals surface area contributed by atoms with Gasteiger partial charge in [0.2, 0.25) is 0 Å². The SMILES string of the molecule is CC(C)(C)c1nc(N)cc(NCCC2CCOC2)n1. The van der Waals surface area contributed by atoms with Gasteiger partial charge in [-0.1, -0.05) is 20.8 Å². The van der Waals surface area contributed by atoms with Crippen molar-refractivity contribution >= 4 is 11.6 Å². The Morgan fingerprint density at radius 1 is 1.42 bits per heavy atom. The third-order valence-corrected chi connectivity index (χ3v) is 3.30. The molecule has 1 saturated heterocycles. The molecule has 0 bridgehead atoms. The predicted octanol–water partition coefficient (Wildman–Crippen LogP) is 2.19. The lowest BCUT2D eigenvalue weighted by atomic mass is 9.96. The minimum absolute atomic E-state index is 0.0922. The largest absolute Gasteiger partial charge is 0.384 e. The number of nitrogen functional groups attached to an aromatic ring is 1. The van der Waals surface area contributed by atoms with Crippen LogP contribution in [0.2, 0.25) is 0 Å². The molecule has 0 amide bonds. The molecule has 0 aromatic carbocycles. The Balaban J connectivity index is 1.94. The highest BCUT2D eigenvalue weighted by molar-refractivity contribution is 5.45. The quantitative estimate of drug-likeness (QED) is 0.872. The smallest absolute Gasteiger partial charge is 0.138 e. The fourth-order valence-corrected chi connectivity index (χ4v) is 2.11. The minimum atomic E-state index is -0.0922. The van der Waals surface area contributed by atoms with Crippen LogP contribution in [0.4, 0.5) is 11.6 Å². The maximum atomic E-state index is 5.84. The second kappa shape index (κ2) is 5.74. The molecule has 0 spiro atoms. The molecule has 0 aliphatic carbocycles. The van der Waals surface area contributed by atoms with Crippen molar-refractivity contribution in [2.75, 3.05) is 30.8 Å². The van der Waals surface area contributed by atoms with Crippen LogP contribution >= 0.6 is 0 Å². The first-order valence-corrected chi connectivity index (χ1v) is 6.92. The van der Waals surface area contributed by atoms with E-state index in [1.165, 1.54) is 6.42 Å². The number of anilines is 2. The van der Waals surface area contributed by atoms with E-state index in [1.54, 1.807) is 6.07 Å². The molecular weight excluding hydrogens is 240 g/mol. The zero-order valence-electron chi connectivity index (χ0n) is 12.1. The number of aromatic nitrogens is 2. The van der Waals surface area contributed by atoms with Crippen LogP contribution in [0.25, 0.3) is 0 Å². The topological polar surface area (TPSA) is 73.1 Å². The Hall–Kier alpha value is -1.36. The van der Waals surface area contributed by atoms with Crippen molar-refractivity contribution in [1.82, 2.24) is 9.97 Å². The van der Waals surface area contributed by atoms with E-state index in [4.69, 9.17) is 10.5 Å². The molecular formula is C14H24N4O. The van der Waals surface area contributed by atoms with Crippen molar-refractivity contribution < 1.29 is 4.74 Å². The van der Waals surface area contributed by atoms with Crippen molar-refractivity contribution in [3.8, 4) is 0 Å². The summed E-state index contributed by atoms with van der Waals surface area (Å²) in [5, 5.41) is 3.34. The Labute approximate surface area is 115 Å². The second-order valence-electron chi connectivity index (χ2n) is 6.20. The first-order chi connectivity index (χ1) is 8.95.